The van der Waals surface area contributed by atoms with Crippen LogP contribution in [0.25, 0.3) is 82.8 Å². The van der Waals surface area contributed by atoms with Crippen molar-refractivity contribution in [1.82, 2.24) is 4.57 Å². The van der Waals surface area contributed by atoms with Gasteiger partial charge in [-0.1, -0.05) is 154 Å². The first-order valence-corrected chi connectivity index (χ1v) is 26.9. The maximum absolute atomic E-state index is 6.79. The fourth-order valence-electron chi connectivity index (χ4n) is 16.2. The highest BCUT2D eigenvalue weighted by atomic mass is 16.3. The third-order valence-corrected chi connectivity index (χ3v) is 19.2. The van der Waals surface area contributed by atoms with E-state index < -0.39 is 0 Å². The topological polar surface area (TPSA) is 21.3 Å². The van der Waals surface area contributed by atoms with Crippen molar-refractivity contribution in [3.05, 3.63) is 175 Å². The Kier molecular flexibility index (Phi) is 8.50. The fourth-order valence-corrected chi connectivity index (χ4v) is 16.2. The largest absolute Gasteiger partial charge is 0.456 e. The molecule has 0 saturated heterocycles. The zero-order chi connectivity index (χ0) is 45.7. The summed E-state index contributed by atoms with van der Waals surface area (Å²) in [7, 11) is 0. The second kappa shape index (κ2) is 14.9. The second-order valence-electron chi connectivity index (χ2n) is 22.7. The van der Waals surface area contributed by atoms with Gasteiger partial charge < -0.3 is 13.8 Å². The van der Waals surface area contributed by atoms with Gasteiger partial charge in [-0.15, -0.1) is 0 Å². The van der Waals surface area contributed by atoms with Crippen LogP contribution in [-0.4, -0.2) is 11.4 Å². The molecule has 10 aromatic rings. The van der Waals surface area contributed by atoms with Gasteiger partial charge in [0, 0.05) is 44.2 Å². The first-order valence-electron chi connectivity index (χ1n) is 26.9. The summed E-state index contributed by atoms with van der Waals surface area (Å²) in [6, 6.07) is 63.3. The molecule has 0 N–H and O–H groups in total. The Morgan fingerprint density at radius 2 is 1.11 bits per heavy atom. The minimum absolute atomic E-state index is 0.0605. The van der Waals surface area contributed by atoms with Crippen LogP contribution >= 0.6 is 0 Å². The zero-order valence-electron chi connectivity index (χ0n) is 40.0. The normalized spacial score (nSPS) is 23.3. The lowest BCUT2D eigenvalue weighted by atomic mass is 9.43. The van der Waals surface area contributed by atoms with Crippen LogP contribution in [0.15, 0.2) is 168 Å². The van der Waals surface area contributed by atoms with Gasteiger partial charge in [0.1, 0.15) is 11.2 Å². The van der Waals surface area contributed by atoms with Crippen LogP contribution in [0.2, 0.25) is 0 Å². The lowest BCUT2D eigenvalue weighted by Crippen LogP contribution is -2.61. The number of anilines is 2. The van der Waals surface area contributed by atoms with Gasteiger partial charge >= 0.3 is 6.85 Å². The van der Waals surface area contributed by atoms with E-state index in [0.29, 0.717) is 5.41 Å². The molecule has 4 heteroatoms. The Bertz CT molecular complexity index is 3750. The van der Waals surface area contributed by atoms with E-state index in [-0.39, 0.29) is 12.3 Å². The highest BCUT2D eigenvalue weighted by Crippen LogP contribution is 2.55. The van der Waals surface area contributed by atoms with Gasteiger partial charge in [0.05, 0.1) is 11.0 Å². The van der Waals surface area contributed by atoms with E-state index in [1.165, 1.54) is 184 Å². The molecule has 70 heavy (non-hydrogen) atoms. The van der Waals surface area contributed by atoms with Crippen LogP contribution in [0.1, 0.15) is 101 Å². The molecule has 6 aliphatic rings. The maximum Gasteiger partial charge on any atom is 0.333 e. The number of fused-ring (bicyclic) bond motifs is 15. The lowest BCUT2D eigenvalue weighted by molar-refractivity contribution is 0.149. The van der Waals surface area contributed by atoms with E-state index >= 15 is 0 Å². The molecule has 2 aliphatic heterocycles. The lowest BCUT2D eigenvalue weighted by Gasteiger charge is -2.47. The SMILES string of the molecule is c1ccc(-c2ccc(N3B4c5c(cc(-c6ccccc6)cc5-n5c6ccc(C78CCCC(CCC7)C8)cc6c6cc(C78CCCC(CCC7)C8)cc4c65)-c4c3ccc3oc5ccccc5c43)cc2)cc1. The molecule has 2 aromatic heterocycles. The van der Waals surface area contributed by atoms with Crippen molar-refractivity contribution in [2.75, 3.05) is 4.81 Å². The molecule has 4 aliphatic carbocycles. The molecule has 8 aromatic carbocycles. The summed E-state index contributed by atoms with van der Waals surface area (Å²) in [4.78, 5) is 2.75. The van der Waals surface area contributed by atoms with Crippen LogP contribution in [0.5, 0.6) is 0 Å². The predicted molar refractivity (Wildman–Crippen MR) is 293 cm³/mol. The number of hydrogen-bond donors (Lipinski definition) is 0. The van der Waals surface area contributed by atoms with Crippen LogP contribution < -0.4 is 15.7 Å². The fraction of sp³-hybridized carbons (Fsp3) is 0.273. The van der Waals surface area contributed by atoms with Crippen molar-refractivity contribution in [2.24, 2.45) is 11.8 Å². The smallest absolute Gasteiger partial charge is 0.333 e. The van der Waals surface area contributed by atoms with E-state index in [9.17, 15) is 0 Å². The summed E-state index contributed by atoms with van der Waals surface area (Å²) >= 11 is 0. The Labute approximate surface area is 411 Å². The molecular formula is C66H57BN2O. The molecule has 0 spiro atoms. The van der Waals surface area contributed by atoms with Gasteiger partial charge in [-0.25, -0.2) is 0 Å². The minimum atomic E-state index is -0.0605. The van der Waals surface area contributed by atoms with Crippen molar-refractivity contribution in [2.45, 2.75) is 101 Å². The van der Waals surface area contributed by atoms with Crippen molar-refractivity contribution in [3.63, 3.8) is 0 Å². The molecule has 4 fully saturated rings. The number of benzene rings is 8. The zero-order valence-corrected chi connectivity index (χ0v) is 40.0. The third kappa shape index (κ3) is 5.65. The molecule has 16 rings (SSSR count). The van der Waals surface area contributed by atoms with E-state index in [2.05, 4.69) is 173 Å². The predicted octanol–water partition coefficient (Wildman–Crippen LogP) is 16.5. The van der Waals surface area contributed by atoms with Gasteiger partial charge in [0.2, 0.25) is 0 Å². The van der Waals surface area contributed by atoms with Gasteiger partial charge in [-0.05, 0) is 172 Å². The number of hydrogen-bond acceptors (Lipinski definition) is 2. The number of aromatic nitrogens is 1. The molecule has 0 atom stereocenters. The summed E-state index contributed by atoms with van der Waals surface area (Å²) in [6.45, 7) is -0.0605. The number of nitrogens with zero attached hydrogens (tertiary/aromatic N) is 2. The average molecular weight is 905 g/mol. The monoisotopic (exact) mass is 904 g/mol. The Hall–Kier alpha value is -6.78. The van der Waals surface area contributed by atoms with Crippen LogP contribution in [-0.2, 0) is 10.8 Å². The van der Waals surface area contributed by atoms with Crippen molar-refractivity contribution >= 4 is 72.9 Å². The quantitative estimate of drug-likeness (QED) is 0.161. The maximum atomic E-state index is 6.79. The average Bonchev–Trinajstić information content (AvgIpc) is 3.97. The van der Waals surface area contributed by atoms with E-state index in [1.807, 2.05) is 0 Å². The first kappa shape index (κ1) is 40.0. The van der Waals surface area contributed by atoms with Gasteiger partial charge in [-0.2, -0.15) is 0 Å². The van der Waals surface area contributed by atoms with Crippen LogP contribution in [0.3, 0.4) is 0 Å². The summed E-state index contributed by atoms with van der Waals surface area (Å²) in [5, 5.41) is 5.28. The van der Waals surface area contributed by atoms with Crippen LogP contribution in [0, 0.1) is 11.8 Å². The molecule has 3 nitrogen and oxygen atoms in total. The summed E-state index contributed by atoms with van der Waals surface area (Å²) in [5.74, 6) is 1.71. The molecule has 4 heterocycles. The Morgan fingerprint density at radius 3 is 1.83 bits per heavy atom. The first-order chi connectivity index (χ1) is 34.6. The molecule has 4 bridgehead atoms. The molecule has 0 radical (unpaired) electrons. The van der Waals surface area contributed by atoms with Crippen LogP contribution in [0.4, 0.5) is 11.4 Å². The van der Waals surface area contributed by atoms with Crippen molar-refractivity contribution in [1.29, 1.82) is 0 Å². The summed E-state index contributed by atoms with van der Waals surface area (Å²) in [6.07, 6.45) is 19.0. The molecule has 0 unspecified atom stereocenters. The van der Waals surface area contributed by atoms with E-state index in [1.54, 1.807) is 11.1 Å². The standard InChI is InChI=1S/C66H57BN2O/c1-3-17-44(18-4-1)46-23-26-50(27-24-46)69-57-29-30-60-62(51-21-7-8-22-59(51)70-60)61(57)54-35-47(45-19-5-2-6-20-45)36-58-63(54)67(69)55-39-49(66-33-11-15-43(41-66)16-12-34-66)38-53-52-37-48(25-28-56(52)68(58)64(53)55)65-31-9-13-42(40-65)14-10-32-65/h1-8,17-30,35-39,42-43H,9-16,31-34,40-41H2. The molecular weight excluding hydrogens is 848 g/mol. The van der Waals surface area contributed by atoms with Crippen molar-refractivity contribution < 1.29 is 4.42 Å². The number of rotatable bonds is 5. The number of furan rings is 1. The van der Waals surface area contributed by atoms with Gasteiger partial charge in [0.15, 0.2) is 0 Å². The Balaban J connectivity index is 1.04. The molecule has 0 amide bonds. The van der Waals surface area contributed by atoms with Gasteiger partial charge in [-0.3, -0.25) is 0 Å². The summed E-state index contributed by atoms with van der Waals surface area (Å²) < 4.78 is 9.53. The molecule has 340 valence electrons. The third-order valence-electron chi connectivity index (χ3n) is 19.2. The number of para-hydroxylation sites is 1. The van der Waals surface area contributed by atoms with E-state index in [0.717, 1.165) is 23.0 Å². The highest BCUT2D eigenvalue weighted by molar-refractivity contribution is 6.93. The second-order valence-corrected chi connectivity index (χ2v) is 22.7. The highest BCUT2D eigenvalue weighted by Gasteiger charge is 2.48. The van der Waals surface area contributed by atoms with Gasteiger partial charge in [0.25, 0.3) is 0 Å². The van der Waals surface area contributed by atoms with Crippen molar-refractivity contribution in [3.8, 4) is 39.1 Å². The summed E-state index contributed by atoms with van der Waals surface area (Å²) in [5.41, 5.74) is 22.5. The molecule has 4 saturated carbocycles. The minimum Gasteiger partial charge on any atom is -0.456 e. The van der Waals surface area contributed by atoms with E-state index in [4.69, 9.17) is 4.42 Å². The Morgan fingerprint density at radius 1 is 0.486 bits per heavy atom.